The molecule has 1 aliphatic rings. The Kier molecular flexibility index (Phi) is 6.52. The maximum Gasteiger partial charge on any atom is 0.125 e. The molecule has 2 rings (SSSR count). The molecule has 0 fully saturated rings. The molecule has 22 heavy (non-hydrogen) atoms. The average molecular weight is 306 g/mol. The van der Waals surface area contributed by atoms with E-state index >= 15 is 0 Å². The van der Waals surface area contributed by atoms with Gasteiger partial charge in [0.1, 0.15) is 12.4 Å². The minimum absolute atomic E-state index is 0.521. The molecular formula is C18H30N2O2. The highest BCUT2D eigenvalue weighted by Gasteiger charge is 2.28. The third-order valence-electron chi connectivity index (χ3n) is 4.47. The van der Waals surface area contributed by atoms with Crippen LogP contribution >= 0.6 is 0 Å². The molecule has 0 aromatic heterocycles. The molecule has 2 atom stereocenters. The van der Waals surface area contributed by atoms with Crippen molar-refractivity contribution in [2.75, 3.05) is 46.3 Å². The molecule has 0 saturated carbocycles. The maximum absolute atomic E-state index is 5.94. The molecule has 1 aliphatic heterocycles. The van der Waals surface area contributed by atoms with E-state index in [2.05, 4.69) is 49.4 Å². The van der Waals surface area contributed by atoms with Gasteiger partial charge in [0.05, 0.1) is 6.61 Å². The van der Waals surface area contributed by atoms with Gasteiger partial charge in [-0.05, 0) is 39.1 Å². The van der Waals surface area contributed by atoms with Gasteiger partial charge in [0.2, 0.25) is 0 Å². The van der Waals surface area contributed by atoms with Gasteiger partial charge in [-0.1, -0.05) is 19.4 Å². The summed E-state index contributed by atoms with van der Waals surface area (Å²) in [5.74, 6) is 1.53. The van der Waals surface area contributed by atoms with E-state index in [4.69, 9.17) is 9.47 Å². The fourth-order valence-electron chi connectivity index (χ4n) is 3.27. The van der Waals surface area contributed by atoms with Crippen molar-refractivity contribution < 1.29 is 9.47 Å². The van der Waals surface area contributed by atoms with Gasteiger partial charge in [-0.15, -0.1) is 0 Å². The SMILES string of the molecule is CCCC(CC1CNc2cccc(OCCOC)c21)N(C)C. The van der Waals surface area contributed by atoms with Crippen molar-refractivity contribution in [1.29, 1.82) is 0 Å². The lowest BCUT2D eigenvalue weighted by atomic mass is 9.91. The first kappa shape index (κ1) is 17.1. The van der Waals surface area contributed by atoms with Gasteiger partial charge in [0.15, 0.2) is 0 Å². The summed E-state index contributed by atoms with van der Waals surface area (Å²) in [6.07, 6.45) is 3.64. The zero-order chi connectivity index (χ0) is 15.9. The fourth-order valence-corrected chi connectivity index (χ4v) is 3.27. The van der Waals surface area contributed by atoms with E-state index in [1.54, 1.807) is 7.11 Å². The van der Waals surface area contributed by atoms with Crippen LogP contribution in [-0.2, 0) is 4.74 Å². The molecule has 1 heterocycles. The second kappa shape index (κ2) is 8.39. The number of methoxy groups -OCH3 is 1. The van der Waals surface area contributed by atoms with Crippen LogP contribution in [0.1, 0.15) is 37.7 Å². The summed E-state index contributed by atoms with van der Waals surface area (Å²) < 4.78 is 11.0. The number of anilines is 1. The highest BCUT2D eigenvalue weighted by molar-refractivity contribution is 5.63. The second-order valence-corrected chi connectivity index (χ2v) is 6.28. The molecule has 0 amide bonds. The number of ether oxygens (including phenoxy) is 2. The number of nitrogens with zero attached hydrogens (tertiary/aromatic N) is 1. The first-order valence-electron chi connectivity index (χ1n) is 8.32. The Labute approximate surface area is 134 Å². The van der Waals surface area contributed by atoms with Gasteiger partial charge >= 0.3 is 0 Å². The largest absolute Gasteiger partial charge is 0.491 e. The van der Waals surface area contributed by atoms with Crippen molar-refractivity contribution in [3.8, 4) is 5.75 Å². The second-order valence-electron chi connectivity index (χ2n) is 6.28. The first-order valence-corrected chi connectivity index (χ1v) is 8.32. The number of benzene rings is 1. The van der Waals surface area contributed by atoms with Crippen LogP contribution in [0.25, 0.3) is 0 Å². The summed E-state index contributed by atoms with van der Waals surface area (Å²) >= 11 is 0. The topological polar surface area (TPSA) is 33.7 Å². The van der Waals surface area contributed by atoms with Crippen LogP contribution in [0.15, 0.2) is 18.2 Å². The molecule has 0 aliphatic carbocycles. The summed E-state index contributed by atoms with van der Waals surface area (Å²) in [7, 11) is 6.07. The van der Waals surface area contributed by atoms with Gasteiger partial charge < -0.3 is 19.7 Å². The van der Waals surface area contributed by atoms with Crippen molar-refractivity contribution in [3.63, 3.8) is 0 Å². The lowest BCUT2D eigenvalue weighted by molar-refractivity contribution is 0.145. The highest BCUT2D eigenvalue weighted by atomic mass is 16.5. The van der Waals surface area contributed by atoms with Crippen molar-refractivity contribution in [2.45, 2.75) is 38.1 Å². The molecule has 0 bridgehead atoms. The minimum Gasteiger partial charge on any atom is -0.491 e. The maximum atomic E-state index is 5.94. The third-order valence-corrected chi connectivity index (χ3v) is 4.47. The number of hydrogen-bond acceptors (Lipinski definition) is 4. The van der Waals surface area contributed by atoms with Crippen LogP contribution in [-0.4, -0.2) is 51.9 Å². The van der Waals surface area contributed by atoms with Crippen molar-refractivity contribution >= 4 is 5.69 Å². The van der Waals surface area contributed by atoms with E-state index in [0.717, 1.165) is 12.3 Å². The van der Waals surface area contributed by atoms with E-state index in [1.807, 2.05) is 0 Å². The molecule has 0 spiro atoms. The zero-order valence-electron chi connectivity index (χ0n) is 14.4. The Hall–Kier alpha value is -1.26. The molecule has 4 heteroatoms. The normalized spacial score (nSPS) is 18.1. The Morgan fingerprint density at radius 2 is 2.14 bits per heavy atom. The zero-order valence-corrected chi connectivity index (χ0v) is 14.4. The number of fused-ring (bicyclic) bond motifs is 1. The molecule has 4 nitrogen and oxygen atoms in total. The van der Waals surface area contributed by atoms with E-state index < -0.39 is 0 Å². The van der Waals surface area contributed by atoms with Gasteiger partial charge in [-0.25, -0.2) is 0 Å². The van der Waals surface area contributed by atoms with Crippen molar-refractivity contribution in [3.05, 3.63) is 23.8 Å². The van der Waals surface area contributed by atoms with Crippen molar-refractivity contribution in [1.82, 2.24) is 4.90 Å². The van der Waals surface area contributed by atoms with Gasteiger partial charge in [-0.2, -0.15) is 0 Å². The predicted molar refractivity (Wildman–Crippen MR) is 92.0 cm³/mol. The van der Waals surface area contributed by atoms with E-state index in [1.165, 1.54) is 30.5 Å². The van der Waals surface area contributed by atoms with Gasteiger partial charge in [0.25, 0.3) is 0 Å². The van der Waals surface area contributed by atoms with Crippen LogP contribution in [0.2, 0.25) is 0 Å². The summed E-state index contributed by atoms with van der Waals surface area (Å²) in [5, 5.41) is 3.54. The summed E-state index contributed by atoms with van der Waals surface area (Å²) in [4.78, 5) is 2.36. The molecule has 0 radical (unpaired) electrons. The van der Waals surface area contributed by atoms with Crippen LogP contribution in [0, 0.1) is 0 Å². The molecule has 2 unspecified atom stereocenters. The lowest BCUT2D eigenvalue weighted by Crippen LogP contribution is -2.30. The van der Waals surface area contributed by atoms with Crippen LogP contribution in [0.3, 0.4) is 0 Å². The lowest BCUT2D eigenvalue weighted by Gasteiger charge is -2.27. The molecule has 1 aromatic rings. The van der Waals surface area contributed by atoms with E-state index in [0.29, 0.717) is 25.2 Å². The third kappa shape index (κ3) is 4.14. The summed E-state index contributed by atoms with van der Waals surface area (Å²) in [6.45, 7) is 4.49. The Balaban J connectivity index is 2.12. The molecule has 1 aromatic carbocycles. The van der Waals surface area contributed by atoms with Crippen LogP contribution in [0.4, 0.5) is 5.69 Å². The minimum atomic E-state index is 0.521. The quantitative estimate of drug-likeness (QED) is 0.710. The van der Waals surface area contributed by atoms with E-state index in [9.17, 15) is 0 Å². The van der Waals surface area contributed by atoms with Gasteiger partial charge in [0, 0.05) is 36.9 Å². The average Bonchev–Trinajstić information content (AvgIpc) is 2.91. The monoisotopic (exact) mass is 306 g/mol. The summed E-state index contributed by atoms with van der Waals surface area (Å²) in [5.41, 5.74) is 2.58. The number of rotatable bonds is 9. The molecule has 0 saturated heterocycles. The smallest absolute Gasteiger partial charge is 0.125 e. The Bertz CT molecular complexity index is 462. The predicted octanol–water partition coefficient (Wildman–Crippen LogP) is 3.34. The Morgan fingerprint density at radius 1 is 1.32 bits per heavy atom. The molecule has 1 N–H and O–H groups in total. The number of nitrogens with one attached hydrogen (secondary N) is 1. The van der Waals surface area contributed by atoms with Crippen molar-refractivity contribution in [2.24, 2.45) is 0 Å². The summed E-state index contributed by atoms with van der Waals surface area (Å²) in [6, 6.07) is 6.92. The fraction of sp³-hybridized carbons (Fsp3) is 0.667. The Morgan fingerprint density at radius 3 is 2.82 bits per heavy atom. The highest BCUT2D eigenvalue weighted by Crippen LogP contribution is 2.41. The van der Waals surface area contributed by atoms with Crippen LogP contribution in [0.5, 0.6) is 5.75 Å². The number of hydrogen-bond donors (Lipinski definition) is 1. The molecular weight excluding hydrogens is 276 g/mol. The van der Waals surface area contributed by atoms with Crippen LogP contribution < -0.4 is 10.1 Å². The van der Waals surface area contributed by atoms with Gasteiger partial charge in [-0.3, -0.25) is 0 Å². The standard InChI is InChI=1S/C18H30N2O2/c1-5-7-15(20(2)3)12-14-13-19-16-8-6-9-17(18(14)16)22-11-10-21-4/h6,8-9,14-15,19H,5,7,10-13H2,1-4H3. The van der Waals surface area contributed by atoms with E-state index in [-0.39, 0.29) is 0 Å². The first-order chi connectivity index (χ1) is 10.7. The molecule has 124 valence electrons.